The van der Waals surface area contributed by atoms with Gasteiger partial charge in [0.2, 0.25) is 0 Å². The molecule has 0 N–H and O–H groups in total. The number of anilines is 1. The van der Waals surface area contributed by atoms with E-state index in [-0.39, 0.29) is 12.2 Å². The monoisotopic (exact) mass is 215 g/mol. The number of ether oxygens (including phenoxy) is 1. The smallest absolute Gasteiger partial charge is 0.415 e. The second-order valence-electron chi connectivity index (χ2n) is 3.08. The van der Waals surface area contributed by atoms with Crippen molar-refractivity contribution in [1.82, 2.24) is 9.78 Å². The number of cyclic esters (lactones) is 1. The summed E-state index contributed by atoms with van der Waals surface area (Å²) in [5, 5.41) is 3.98. The molecule has 6 heteroatoms. The van der Waals surface area contributed by atoms with Gasteiger partial charge in [-0.3, -0.25) is 9.58 Å². The van der Waals surface area contributed by atoms with Crippen LogP contribution in [0.1, 0.15) is 0 Å². The van der Waals surface area contributed by atoms with Gasteiger partial charge in [0.15, 0.2) is 0 Å². The largest absolute Gasteiger partial charge is 0.443 e. The van der Waals surface area contributed by atoms with Gasteiger partial charge in [-0.15, -0.1) is 11.6 Å². The van der Waals surface area contributed by atoms with Crippen LogP contribution in [0, 0.1) is 0 Å². The molecule has 0 spiro atoms. The van der Waals surface area contributed by atoms with Crippen LogP contribution < -0.4 is 4.90 Å². The molecule has 1 aliphatic heterocycles. The van der Waals surface area contributed by atoms with Crippen LogP contribution in [0.15, 0.2) is 12.3 Å². The fraction of sp³-hybridized carbons (Fsp3) is 0.500. The van der Waals surface area contributed by atoms with E-state index in [9.17, 15) is 4.79 Å². The molecular weight excluding hydrogens is 206 g/mol. The van der Waals surface area contributed by atoms with Crippen molar-refractivity contribution < 1.29 is 9.53 Å². The Bertz CT molecular complexity index is 352. The normalized spacial score (nSPS) is 21.4. The SMILES string of the molecule is Cn1nccc1N1C[C@H](CCl)OC1=O. The zero-order valence-corrected chi connectivity index (χ0v) is 8.44. The van der Waals surface area contributed by atoms with E-state index in [1.807, 2.05) is 0 Å². The topological polar surface area (TPSA) is 47.4 Å². The molecule has 0 aliphatic carbocycles. The molecular formula is C8H10ClN3O2. The van der Waals surface area contributed by atoms with E-state index in [0.29, 0.717) is 12.4 Å². The number of hydrogen-bond acceptors (Lipinski definition) is 3. The molecule has 1 amide bonds. The number of aromatic nitrogens is 2. The van der Waals surface area contributed by atoms with Crippen LogP contribution in [-0.4, -0.2) is 34.4 Å². The molecule has 2 rings (SSSR count). The molecule has 14 heavy (non-hydrogen) atoms. The van der Waals surface area contributed by atoms with Gasteiger partial charge in [-0.05, 0) is 0 Å². The maximum atomic E-state index is 11.4. The highest BCUT2D eigenvalue weighted by Crippen LogP contribution is 2.20. The Kier molecular flexibility index (Phi) is 2.33. The first-order chi connectivity index (χ1) is 6.72. The highest BCUT2D eigenvalue weighted by atomic mass is 35.5. The third-order valence-corrected chi connectivity index (χ3v) is 2.46. The zero-order chi connectivity index (χ0) is 10.1. The van der Waals surface area contributed by atoms with Gasteiger partial charge in [0, 0.05) is 13.1 Å². The van der Waals surface area contributed by atoms with Gasteiger partial charge in [-0.1, -0.05) is 0 Å². The predicted octanol–water partition coefficient (Wildman–Crippen LogP) is 0.984. The lowest BCUT2D eigenvalue weighted by atomic mass is 10.4. The number of nitrogens with zero attached hydrogens (tertiary/aromatic N) is 3. The van der Waals surface area contributed by atoms with Crippen molar-refractivity contribution in [3.05, 3.63) is 12.3 Å². The molecule has 1 aromatic rings. The molecule has 1 atom stereocenters. The Morgan fingerprint density at radius 2 is 2.57 bits per heavy atom. The molecule has 0 bridgehead atoms. The van der Waals surface area contributed by atoms with Crippen LogP contribution in [0.4, 0.5) is 10.6 Å². The fourth-order valence-electron chi connectivity index (χ4n) is 1.42. The highest BCUT2D eigenvalue weighted by molar-refractivity contribution is 6.18. The molecule has 0 saturated carbocycles. The summed E-state index contributed by atoms with van der Waals surface area (Å²) in [4.78, 5) is 12.9. The lowest BCUT2D eigenvalue weighted by Gasteiger charge is -2.11. The van der Waals surface area contributed by atoms with E-state index in [1.54, 1.807) is 24.0 Å². The van der Waals surface area contributed by atoms with Crippen molar-refractivity contribution in [1.29, 1.82) is 0 Å². The highest BCUT2D eigenvalue weighted by Gasteiger charge is 2.32. The van der Waals surface area contributed by atoms with E-state index >= 15 is 0 Å². The second-order valence-corrected chi connectivity index (χ2v) is 3.39. The molecule has 0 radical (unpaired) electrons. The third kappa shape index (κ3) is 1.43. The first-order valence-corrected chi connectivity index (χ1v) is 4.78. The Morgan fingerprint density at radius 1 is 1.79 bits per heavy atom. The number of halogens is 1. The molecule has 1 fully saturated rings. The third-order valence-electron chi connectivity index (χ3n) is 2.12. The quantitative estimate of drug-likeness (QED) is 0.691. The molecule has 76 valence electrons. The molecule has 1 aromatic heterocycles. The van der Waals surface area contributed by atoms with Gasteiger partial charge < -0.3 is 4.74 Å². The maximum absolute atomic E-state index is 11.4. The molecule has 0 aromatic carbocycles. The van der Waals surface area contributed by atoms with Crippen LogP contribution in [0.3, 0.4) is 0 Å². The standard InChI is InChI=1S/C8H10ClN3O2/c1-11-7(2-3-10-11)12-5-6(4-9)14-8(12)13/h2-3,6H,4-5H2,1H3/t6-/m0/s1. The van der Waals surface area contributed by atoms with Crippen LogP contribution >= 0.6 is 11.6 Å². The van der Waals surface area contributed by atoms with Crippen molar-refractivity contribution >= 4 is 23.5 Å². The van der Waals surface area contributed by atoms with Gasteiger partial charge in [0.05, 0.1) is 18.6 Å². The predicted molar refractivity (Wildman–Crippen MR) is 51.5 cm³/mol. The number of carbonyl (C=O) groups is 1. The first-order valence-electron chi connectivity index (χ1n) is 4.24. The second kappa shape index (κ2) is 3.49. The number of alkyl halides is 1. The van der Waals surface area contributed by atoms with E-state index in [4.69, 9.17) is 16.3 Å². The van der Waals surface area contributed by atoms with Crippen molar-refractivity contribution in [3.8, 4) is 0 Å². The number of aryl methyl sites for hydroxylation is 1. The number of hydrogen-bond donors (Lipinski definition) is 0. The van der Waals surface area contributed by atoms with Crippen molar-refractivity contribution in [2.24, 2.45) is 7.05 Å². The van der Waals surface area contributed by atoms with Crippen molar-refractivity contribution in [3.63, 3.8) is 0 Å². The minimum absolute atomic E-state index is 0.223. The summed E-state index contributed by atoms with van der Waals surface area (Å²) >= 11 is 5.61. The Hall–Kier alpha value is -1.23. The minimum atomic E-state index is -0.362. The van der Waals surface area contributed by atoms with E-state index in [1.165, 1.54) is 4.90 Å². The van der Waals surface area contributed by atoms with E-state index < -0.39 is 0 Å². The summed E-state index contributed by atoms with van der Waals surface area (Å²) in [7, 11) is 1.77. The van der Waals surface area contributed by atoms with Crippen LogP contribution in [0.5, 0.6) is 0 Å². The number of carbonyl (C=O) groups excluding carboxylic acids is 1. The van der Waals surface area contributed by atoms with Gasteiger partial charge >= 0.3 is 6.09 Å². The molecule has 1 saturated heterocycles. The minimum Gasteiger partial charge on any atom is -0.443 e. The van der Waals surface area contributed by atoms with Crippen LogP contribution in [-0.2, 0) is 11.8 Å². The van der Waals surface area contributed by atoms with Crippen LogP contribution in [0.2, 0.25) is 0 Å². The Labute approximate surface area is 86.2 Å². The van der Waals surface area contributed by atoms with Gasteiger partial charge in [-0.25, -0.2) is 4.79 Å². The summed E-state index contributed by atoms with van der Waals surface area (Å²) < 4.78 is 6.64. The number of rotatable bonds is 2. The molecule has 2 heterocycles. The lowest BCUT2D eigenvalue weighted by molar-refractivity contribution is 0.151. The maximum Gasteiger partial charge on any atom is 0.415 e. The average Bonchev–Trinajstić information content (AvgIpc) is 2.72. The van der Waals surface area contributed by atoms with E-state index in [0.717, 1.165) is 5.82 Å². The Morgan fingerprint density at radius 3 is 3.07 bits per heavy atom. The summed E-state index contributed by atoms with van der Waals surface area (Å²) in [6.45, 7) is 0.488. The summed E-state index contributed by atoms with van der Waals surface area (Å²) in [6, 6.07) is 1.76. The summed E-state index contributed by atoms with van der Waals surface area (Å²) in [6.07, 6.45) is 1.05. The zero-order valence-electron chi connectivity index (χ0n) is 7.68. The molecule has 5 nitrogen and oxygen atoms in total. The summed E-state index contributed by atoms with van der Waals surface area (Å²) in [5.74, 6) is 1.04. The fourth-order valence-corrected chi connectivity index (χ4v) is 1.58. The van der Waals surface area contributed by atoms with Gasteiger partial charge in [0.25, 0.3) is 0 Å². The molecule has 1 aliphatic rings. The average molecular weight is 216 g/mol. The first kappa shape index (κ1) is 9.33. The molecule has 0 unspecified atom stereocenters. The van der Waals surface area contributed by atoms with Crippen molar-refractivity contribution in [2.75, 3.05) is 17.3 Å². The van der Waals surface area contributed by atoms with Gasteiger partial charge in [-0.2, -0.15) is 5.10 Å². The van der Waals surface area contributed by atoms with Gasteiger partial charge in [0.1, 0.15) is 11.9 Å². The number of amides is 1. The Balaban J connectivity index is 2.20. The van der Waals surface area contributed by atoms with Crippen LogP contribution in [0.25, 0.3) is 0 Å². The van der Waals surface area contributed by atoms with Crippen molar-refractivity contribution in [2.45, 2.75) is 6.10 Å². The van der Waals surface area contributed by atoms with E-state index in [2.05, 4.69) is 5.10 Å². The lowest BCUT2D eigenvalue weighted by Crippen LogP contribution is -2.26. The summed E-state index contributed by atoms with van der Waals surface area (Å²) in [5.41, 5.74) is 0.